The number of aromatic nitrogens is 4. The lowest BCUT2D eigenvalue weighted by atomic mass is 10.0. The van der Waals surface area contributed by atoms with Crippen LogP contribution < -0.4 is 5.32 Å². The maximum Gasteiger partial charge on any atom is 0.417 e. The topological polar surface area (TPSA) is 72.7 Å². The van der Waals surface area contributed by atoms with E-state index in [1.54, 1.807) is 25.4 Å². The summed E-state index contributed by atoms with van der Waals surface area (Å²) < 4.78 is 41.9. The number of nitrogens with one attached hydrogen (secondary N) is 1. The molecule has 0 bridgehead atoms. The zero-order valence-electron chi connectivity index (χ0n) is 15.1. The van der Waals surface area contributed by atoms with Crippen LogP contribution in [0.25, 0.3) is 22.3 Å². The fourth-order valence-corrected chi connectivity index (χ4v) is 3.03. The van der Waals surface area contributed by atoms with Crippen molar-refractivity contribution in [3.8, 4) is 11.3 Å². The number of carbonyl (C=O) groups excluding carboxylic acids is 1. The van der Waals surface area contributed by atoms with E-state index in [4.69, 9.17) is 0 Å². The minimum atomic E-state index is -4.56. The molecule has 0 aliphatic carbocycles. The standard InChI is InChI=1S/C20H14F3N5O/c1-28-18-15(11-25-28)14(19(29)26-12-5-4-8-24-10-12)9-17(27-18)13-6-2-3-7-16(13)20(21,22)23/h2-11H,1H3,(H,26,29). The second kappa shape index (κ2) is 7.01. The van der Waals surface area contributed by atoms with E-state index in [9.17, 15) is 18.0 Å². The van der Waals surface area contributed by atoms with Gasteiger partial charge in [-0.1, -0.05) is 18.2 Å². The molecule has 0 saturated carbocycles. The molecule has 0 aliphatic rings. The van der Waals surface area contributed by atoms with E-state index in [0.29, 0.717) is 16.7 Å². The molecule has 0 saturated heterocycles. The van der Waals surface area contributed by atoms with E-state index < -0.39 is 17.6 Å². The van der Waals surface area contributed by atoms with Crippen LogP contribution in [0.15, 0.2) is 61.1 Å². The molecule has 1 amide bonds. The molecule has 1 N–H and O–H groups in total. The SMILES string of the molecule is Cn1ncc2c(C(=O)Nc3cccnc3)cc(-c3ccccc3C(F)(F)F)nc21. The molecule has 9 heteroatoms. The van der Waals surface area contributed by atoms with Crippen LogP contribution in [0.1, 0.15) is 15.9 Å². The Kier molecular flexibility index (Phi) is 4.50. The number of hydrogen-bond donors (Lipinski definition) is 1. The number of anilines is 1. The van der Waals surface area contributed by atoms with E-state index in [2.05, 4.69) is 20.4 Å². The molecule has 0 spiro atoms. The number of halogens is 3. The van der Waals surface area contributed by atoms with Crippen molar-refractivity contribution in [3.63, 3.8) is 0 Å². The molecule has 29 heavy (non-hydrogen) atoms. The normalized spacial score (nSPS) is 11.6. The Morgan fingerprint density at radius 3 is 2.62 bits per heavy atom. The predicted octanol–water partition coefficient (Wildman–Crippen LogP) is 4.30. The minimum absolute atomic E-state index is 0.0327. The molecule has 0 unspecified atom stereocenters. The van der Waals surface area contributed by atoms with Gasteiger partial charge in [0.1, 0.15) is 0 Å². The van der Waals surface area contributed by atoms with Crippen LogP contribution in [-0.2, 0) is 13.2 Å². The summed E-state index contributed by atoms with van der Waals surface area (Å²) in [4.78, 5) is 21.1. The zero-order chi connectivity index (χ0) is 20.6. The van der Waals surface area contributed by atoms with Gasteiger partial charge >= 0.3 is 6.18 Å². The van der Waals surface area contributed by atoms with Crippen LogP contribution in [0.3, 0.4) is 0 Å². The number of rotatable bonds is 3. The van der Waals surface area contributed by atoms with E-state index in [0.717, 1.165) is 6.07 Å². The molecule has 0 atom stereocenters. The lowest BCUT2D eigenvalue weighted by Crippen LogP contribution is -2.14. The smallest absolute Gasteiger partial charge is 0.321 e. The second-order valence-corrected chi connectivity index (χ2v) is 6.30. The van der Waals surface area contributed by atoms with Crippen LogP contribution in [0.4, 0.5) is 18.9 Å². The lowest BCUT2D eigenvalue weighted by molar-refractivity contribution is -0.137. The summed E-state index contributed by atoms with van der Waals surface area (Å²) in [7, 11) is 1.61. The van der Waals surface area contributed by atoms with Crippen molar-refractivity contribution in [1.82, 2.24) is 19.7 Å². The van der Waals surface area contributed by atoms with Crippen LogP contribution in [0.5, 0.6) is 0 Å². The monoisotopic (exact) mass is 397 g/mol. The Morgan fingerprint density at radius 2 is 1.90 bits per heavy atom. The Bertz CT molecular complexity index is 1200. The number of benzene rings is 1. The first-order valence-corrected chi connectivity index (χ1v) is 8.55. The molecule has 4 aromatic rings. The van der Waals surface area contributed by atoms with Crippen molar-refractivity contribution in [2.75, 3.05) is 5.32 Å². The Hall–Kier alpha value is -3.75. The lowest BCUT2D eigenvalue weighted by Gasteiger charge is -2.14. The van der Waals surface area contributed by atoms with Crippen LogP contribution in [0.2, 0.25) is 0 Å². The van der Waals surface area contributed by atoms with Crippen molar-refractivity contribution >= 4 is 22.6 Å². The van der Waals surface area contributed by atoms with Crippen molar-refractivity contribution in [1.29, 1.82) is 0 Å². The summed E-state index contributed by atoms with van der Waals surface area (Å²) in [5.41, 5.74) is 0.0230. The average molecular weight is 397 g/mol. The fourth-order valence-electron chi connectivity index (χ4n) is 3.03. The van der Waals surface area contributed by atoms with Gasteiger partial charge in [-0.25, -0.2) is 4.98 Å². The third-order valence-electron chi connectivity index (χ3n) is 4.38. The van der Waals surface area contributed by atoms with Gasteiger partial charge in [0.25, 0.3) is 5.91 Å². The fraction of sp³-hybridized carbons (Fsp3) is 0.100. The van der Waals surface area contributed by atoms with Crippen molar-refractivity contribution < 1.29 is 18.0 Å². The summed E-state index contributed by atoms with van der Waals surface area (Å²) in [5.74, 6) is -0.496. The van der Waals surface area contributed by atoms with Crippen molar-refractivity contribution in [2.45, 2.75) is 6.18 Å². The third-order valence-corrected chi connectivity index (χ3v) is 4.38. The van der Waals surface area contributed by atoms with Gasteiger partial charge in [0.2, 0.25) is 0 Å². The quantitative estimate of drug-likeness (QED) is 0.559. The Labute approximate surface area is 163 Å². The van der Waals surface area contributed by atoms with Crippen LogP contribution in [-0.4, -0.2) is 25.7 Å². The minimum Gasteiger partial charge on any atom is -0.321 e. The predicted molar refractivity (Wildman–Crippen MR) is 101 cm³/mol. The van der Waals surface area contributed by atoms with E-state index in [1.807, 2.05) is 0 Å². The number of carbonyl (C=O) groups is 1. The van der Waals surface area contributed by atoms with E-state index in [-0.39, 0.29) is 16.8 Å². The van der Waals surface area contributed by atoms with Gasteiger partial charge in [0.05, 0.1) is 40.3 Å². The molecule has 0 fully saturated rings. The van der Waals surface area contributed by atoms with Gasteiger partial charge in [-0.3, -0.25) is 14.5 Å². The number of nitrogens with zero attached hydrogens (tertiary/aromatic N) is 4. The van der Waals surface area contributed by atoms with Gasteiger partial charge < -0.3 is 5.32 Å². The molecule has 3 aromatic heterocycles. The highest BCUT2D eigenvalue weighted by Gasteiger charge is 2.34. The Balaban J connectivity index is 1.88. The first-order chi connectivity index (χ1) is 13.8. The molecule has 6 nitrogen and oxygen atoms in total. The number of amides is 1. The number of alkyl halides is 3. The summed E-state index contributed by atoms with van der Waals surface area (Å²) in [5, 5.41) is 7.22. The number of pyridine rings is 2. The molecular formula is C20H14F3N5O. The molecule has 0 aliphatic heterocycles. The molecule has 0 radical (unpaired) electrons. The highest BCUT2D eigenvalue weighted by molar-refractivity contribution is 6.12. The van der Waals surface area contributed by atoms with Gasteiger partial charge in [-0.15, -0.1) is 0 Å². The van der Waals surface area contributed by atoms with E-state index >= 15 is 0 Å². The summed E-state index contributed by atoms with van der Waals surface area (Å²) in [6, 6.07) is 9.79. The maximum atomic E-state index is 13.5. The first-order valence-electron chi connectivity index (χ1n) is 8.55. The molecular weight excluding hydrogens is 383 g/mol. The van der Waals surface area contributed by atoms with Gasteiger partial charge in [-0.05, 0) is 24.3 Å². The highest BCUT2D eigenvalue weighted by atomic mass is 19.4. The van der Waals surface area contributed by atoms with Crippen LogP contribution in [0, 0.1) is 0 Å². The highest BCUT2D eigenvalue weighted by Crippen LogP contribution is 2.37. The molecule has 1 aromatic carbocycles. The first kappa shape index (κ1) is 18.6. The van der Waals surface area contributed by atoms with Crippen LogP contribution >= 0.6 is 0 Å². The number of fused-ring (bicyclic) bond motifs is 1. The molecule has 4 rings (SSSR count). The van der Waals surface area contributed by atoms with E-state index in [1.165, 1.54) is 41.3 Å². The van der Waals surface area contributed by atoms with Gasteiger partial charge in [-0.2, -0.15) is 18.3 Å². The summed E-state index contributed by atoms with van der Waals surface area (Å²) >= 11 is 0. The van der Waals surface area contributed by atoms with Crippen molar-refractivity contribution in [3.05, 3.63) is 72.2 Å². The third kappa shape index (κ3) is 3.54. The number of aryl methyl sites for hydroxylation is 1. The largest absolute Gasteiger partial charge is 0.417 e. The summed E-state index contributed by atoms with van der Waals surface area (Å²) in [6.45, 7) is 0. The molecule has 146 valence electrons. The zero-order valence-corrected chi connectivity index (χ0v) is 15.1. The maximum absolute atomic E-state index is 13.5. The second-order valence-electron chi connectivity index (χ2n) is 6.30. The Morgan fingerprint density at radius 1 is 1.10 bits per heavy atom. The van der Waals surface area contributed by atoms with Gasteiger partial charge in [0.15, 0.2) is 5.65 Å². The van der Waals surface area contributed by atoms with Crippen molar-refractivity contribution in [2.24, 2.45) is 7.05 Å². The number of hydrogen-bond acceptors (Lipinski definition) is 4. The van der Waals surface area contributed by atoms with Gasteiger partial charge in [0, 0.05) is 18.8 Å². The summed E-state index contributed by atoms with van der Waals surface area (Å²) in [6.07, 6.45) is -0.0647. The molecule has 3 heterocycles. The average Bonchev–Trinajstić information content (AvgIpc) is 3.08.